The van der Waals surface area contributed by atoms with Crippen molar-refractivity contribution in [3.05, 3.63) is 95.1 Å². The number of aryl methyl sites for hydroxylation is 1. The Morgan fingerprint density at radius 3 is 2.26 bits per heavy atom. The smallest absolute Gasteiger partial charge is 0.354 e. The van der Waals surface area contributed by atoms with Crippen LogP contribution in [0.25, 0.3) is 22.2 Å². The third-order valence-corrected chi connectivity index (χ3v) is 5.98. The molecule has 182 valence electrons. The van der Waals surface area contributed by atoms with Crippen molar-refractivity contribution in [2.45, 2.75) is 32.0 Å². The van der Waals surface area contributed by atoms with Gasteiger partial charge in [-0.25, -0.2) is 5.48 Å². The molecule has 0 saturated carbocycles. The lowest BCUT2D eigenvalue weighted by Crippen LogP contribution is -2.18. The molecule has 1 aromatic heterocycles. The first-order valence-corrected chi connectivity index (χ1v) is 11.3. The number of H-pyrrole nitrogens is 1. The summed E-state index contributed by atoms with van der Waals surface area (Å²) in [4.78, 5) is 14.5. The summed E-state index contributed by atoms with van der Waals surface area (Å²) in [5.41, 5.74) is 6.63. The van der Waals surface area contributed by atoms with E-state index in [-0.39, 0.29) is 6.42 Å². The van der Waals surface area contributed by atoms with Gasteiger partial charge in [0.05, 0.1) is 5.56 Å². The first kappa shape index (κ1) is 24.5. The predicted molar refractivity (Wildman–Crippen MR) is 129 cm³/mol. The van der Waals surface area contributed by atoms with Gasteiger partial charge in [-0.1, -0.05) is 54.6 Å². The molecule has 0 bridgehead atoms. The van der Waals surface area contributed by atoms with Crippen molar-refractivity contribution in [2.24, 2.45) is 0 Å². The molecule has 4 N–H and O–H groups in total. The van der Waals surface area contributed by atoms with Crippen LogP contribution in [0.5, 0.6) is 0 Å². The van der Waals surface area contributed by atoms with E-state index in [4.69, 9.17) is 5.21 Å². The zero-order valence-corrected chi connectivity index (χ0v) is 19.0. The van der Waals surface area contributed by atoms with Crippen LogP contribution in [0.3, 0.4) is 0 Å². The second-order valence-electron chi connectivity index (χ2n) is 8.38. The molecular weight excluding hydrogens is 455 g/mol. The van der Waals surface area contributed by atoms with Gasteiger partial charge in [0.25, 0.3) is 0 Å². The van der Waals surface area contributed by atoms with Gasteiger partial charge in [0.1, 0.15) is 0 Å². The molecule has 5 nitrogen and oxygen atoms in total. The number of halogens is 3. The quantitative estimate of drug-likeness (QED) is 0.142. The van der Waals surface area contributed by atoms with Crippen LogP contribution < -0.4 is 10.8 Å². The van der Waals surface area contributed by atoms with E-state index < -0.39 is 17.6 Å². The molecule has 0 saturated heterocycles. The number of hydrogen-bond donors (Lipinski definition) is 4. The summed E-state index contributed by atoms with van der Waals surface area (Å²) in [5, 5.41) is 13.1. The average Bonchev–Trinajstić information content (AvgIpc) is 3.24. The Morgan fingerprint density at radius 2 is 1.57 bits per heavy atom. The van der Waals surface area contributed by atoms with Gasteiger partial charge in [-0.15, -0.1) is 0 Å². The highest BCUT2D eigenvalue weighted by molar-refractivity contribution is 5.90. The van der Waals surface area contributed by atoms with E-state index in [9.17, 15) is 18.0 Å². The van der Waals surface area contributed by atoms with E-state index in [1.807, 2.05) is 48.5 Å². The van der Waals surface area contributed by atoms with Crippen molar-refractivity contribution < 1.29 is 23.2 Å². The van der Waals surface area contributed by atoms with Crippen molar-refractivity contribution in [1.29, 1.82) is 0 Å². The maximum absolute atomic E-state index is 13.0. The molecular formula is C27H26F3N3O2. The summed E-state index contributed by atoms with van der Waals surface area (Å²) < 4.78 is 38.9. The fourth-order valence-electron chi connectivity index (χ4n) is 4.12. The minimum atomic E-state index is -4.36. The predicted octanol–water partition coefficient (Wildman–Crippen LogP) is 5.62. The van der Waals surface area contributed by atoms with E-state index in [1.54, 1.807) is 5.48 Å². The van der Waals surface area contributed by atoms with Gasteiger partial charge in [0.15, 0.2) is 0 Å². The third kappa shape index (κ3) is 6.09. The Morgan fingerprint density at radius 1 is 0.886 bits per heavy atom. The van der Waals surface area contributed by atoms with Gasteiger partial charge in [-0.3, -0.25) is 10.0 Å². The Bertz CT molecular complexity index is 1280. The lowest BCUT2D eigenvalue weighted by atomic mass is 10.0. The third-order valence-electron chi connectivity index (χ3n) is 5.98. The molecule has 0 atom stereocenters. The minimum Gasteiger partial charge on any atom is -0.354 e. The molecule has 8 heteroatoms. The summed E-state index contributed by atoms with van der Waals surface area (Å²) in [5.74, 6) is -0.413. The second kappa shape index (κ2) is 10.8. The number of fused-ring (bicyclic) bond motifs is 1. The van der Waals surface area contributed by atoms with Gasteiger partial charge in [-0.2, -0.15) is 13.2 Å². The normalized spacial score (nSPS) is 11.7. The molecule has 0 aliphatic rings. The summed E-state index contributed by atoms with van der Waals surface area (Å²) in [6.45, 7) is 1.35. The van der Waals surface area contributed by atoms with Crippen molar-refractivity contribution >= 4 is 16.8 Å². The molecule has 35 heavy (non-hydrogen) atoms. The highest BCUT2D eigenvalue weighted by Gasteiger charge is 2.30. The van der Waals surface area contributed by atoms with E-state index in [0.29, 0.717) is 25.9 Å². The van der Waals surface area contributed by atoms with Crippen molar-refractivity contribution in [2.75, 3.05) is 6.54 Å². The molecule has 0 aliphatic heterocycles. The molecule has 1 heterocycles. The van der Waals surface area contributed by atoms with Crippen LogP contribution in [0.15, 0.2) is 72.8 Å². The average molecular weight is 482 g/mol. The molecule has 4 rings (SSSR count). The van der Waals surface area contributed by atoms with Crippen LogP contribution in [-0.2, 0) is 30.4 Å². The van der Waals surface area contributed by atoms with Crippen molar-refractivity contribution in [3.63, 3.8) is 0 Å². The molecule has 0 spiro atoms. The number of carbonyl (C=O) groups is 1. The van der Waals surface area contributed by atoms with Crippen LogP contribution in [0.4, 0.5) is 13.2 Å². The summed E-state index contributed by atoms with van der Waals surface area (Å²) in [7, 11) is 0. The largest absolute Gasteiger partial charge is 0.416 e. The summed E-state index contributed by atoms with van der Waals surface area (Å²) in [6.07, 6.45) is -2.89. The van der Waals surface area contributed by atoms with Crippen LogP contribution >= 0.6 is 0 Å². The van der Waals surface area contributed by atoms with Crippen LogP contribution in [0, 0.1) is 0 Å². The molecule has 4 aromatic rings. The molecule has 0 aliphatic carbocycles. The zero-order valence-electron chi connectivity index (χ0n) is 19.0. The van der Waals surface area contributed by atoms with Crippen LogP contribution in [0.2, 0.25) is 0 Å². The molecule has 3 aromatic carbocycles. The van der Waals surface area contributed by atoms with Crippen molar-refractivity contribution in [1.82, 2.24) is 15.8 Å². The Labute approximate surface area is 200 Å². The monoisotopic (exact) mass is 481 g/mol. The number of amides is 1. The van der Waals surface area contributed by atoms with Crippen LogP contribution in [0.1, 0.15) is 28.7 Å². The zero-order chi connectivity index (χ0) is 24.8. The molecule has 0 unspecified atom stereocenters. The topological polar surface area (TPSA) is 77.2 Å². The molecule has 0 fully saturated rings. The lowest BCUT2D eigenvalue weighted by molar-refractivity contribution is -0.137. The SMILES string of the molecule is O=C(CCc1ccc(CNCCc2c(-c3ccc(C(F)(F)F)cc3)[nH]c3ccccc23)cc1)NO. The number of carbonyl (C=O) groups excluding carboxylic acids is 1. The number of benzene rings is 3. The summed E-state index contributed by atoms with van der Waals surface area (Å²) in [6, 6.07) is 21.0. The fourth-order valence-corrected chi connectivity index (χ4v) is 4.12. The number of hydroxylamine groups is 1. The number of nitrogens with one attached hydrogen (secondary N) is 3. The number of aromatic nitrogens is 1. The standard InChI is InChI=1S/C27H26F3N3O2/c28-27(29,30)21-12-10-20(11-13-21)26-23(22-3-1-2-4-24(22)32-26)15-16-31-17-19-7-5-18(6-8-19)9-14-25(34)33-35/h1-8,10-13,31-32,35H,9,14-17H2,(H,33,34). The number of hydrogen-bond acceptors (Lipinski definition) is 3. The Balaban J connectivity index is 1.42. The number of aromatic amines is 1. The highest BCUT2D eigenvalue weighted by Crippen LogP contribution is 2.34. The van der Waals surface area contributed by atoms with E-state index >= 15 is 0 Å². The minimum absolute atomic E-state index is 0.222. The highest BCUT2D eigenvalue weighted by atomic mass is 19.4. The Kier molecular flexibility index (Phi) is 7.53. The van der Waals surface area contributed by atoms with E-state index in [2.05, 4.69) is 10.3 Å². The van der Waals surface area contributed by atoms with Gasteiger partial charge in [0, 0.05) is 29.6 Å². The maximum Gasteiger partial charge on any atom is 0.416 e. The fraction of sp³-hybridized carbons (Fsp3) is 0.222. The van der Waals surface area contributed by atoms with Crippen LogP contribution in [-0.4, -0.2) is 22.6 Å². The first-order valence-electron chi connectivity index (χ1n) is 11.3. The second-order valence-corrected chi connectivity index (χ2v) is 8.38. The van der Waals surface area contributed by atoms with Gasteiger partial charge in [-0.05, 0) is 59.8 Å². The van der Waals surface area contributed by atoms with Gasteiger partial charge >= 0.3 is 6.18 Å². The summed E-state index contributed by atoms with van der Waals surface area (Å²) >= 11 is 0. The number of para-hydroxylation sites is 1. The lowest BCUT2D eigenvalue weighted by Gasteiger charge is -2.10. The molecule has 0 radical (unpaired) electrons. The maximum atomic E-state index is 13.0. The van der Waals surface area contributed by atoms with Gasteiger partial charge in [0.2, 0.25) is 5.91 Å². The number of alkyl halides is 3. The Hall–Kier alpha value is -3.62. The number of rotatable bonds is 9. The van der Waals surface area contributed by atoms with Crippen molar-refractivity contribution in [3.8, 4) is 11.3 Å². The first-order chi connectivity index (χ1) is 16.8. The van der Waals surface area contributed by atoms with E-state index in [0.717, 1.165) is 51.0 Å². The van der Waals surface area contributed by atoms with E-state index in [1.165, 1.54) is 12.1 Å². The molecule has 1 amide bonds. The van der Waals surface area contributed by atoms with Gasteiger partial charge < -0.3 is 10.3 Å².